The first-order valence-corrected chi connectivity index (χ1v) is 7.41. The lowest BCUT2D eigenvalue weighted by Crippen LogP contribution is -2.47. The number of hydrogen-bond donors (Lipinski definition) is 0. The molecular weight excluding hydrogens is 254 g/mol. The molecule has 0 N–H and O–H groups in total. The van der Waals surface area contributed by atoms with Gasteiger partial charge in [-0.05, 0) is 55.2 Å². The van der Waals surface area contributed by atoms with Crippen molar-refractivity contribution in [3.05, 3.63) is 24.3 Å². The number of piperazine rings is 1. The molecule has 0 radical (unpaired) electrons. The van der Waals surface area contributed by atoms with Gasteiger partial charge < -0.3 is 4.90 Å². The highest BCUT2D eigenvalue weighted by Crippen LogP contribution is 2.30. The van der Waals surface area contributed by atoms with Crippen molar-refractivity contribution in [1.82, 2.24) is 4.90 Å². The normalized spacial score (nSPS) is 20.1. The van der Waals surface area contributed by atoms with Crippen molar-refractivity contribution in [2.75, 3.05) is 37.6 Å². The molecule has 3 nitrogen and oxygen atoms in total. The fourth-order valence-electron chi connectivity index (χ4n) is 2.64. The van der Waals surface area contributed by atoms with Gasteiger partial charge in [-0.2, -0.15) is 4.99 Å². The van der Waals surface area contributed by atoms with Crippen molar-refractivity contribution in [1.29, 1.82) is 0 Å². The molecule has 0 amide bonds. The second-order valence-corrected chi connectivity index (χ2v) is 5.63. The lowest BCUT2D eigenvalue weighted by Gasteiger charge is -2.36. The van der Waals surface area contributed by atoms with E-state index in [9.17, 15) is 0 Å². The van der Waals surface area contributed by atoms with Gasteiger partial charge in [0.05, 0.1) is 10.8 Å². The van der Waals surface area contributed by atoms with Gasteiger partial charge in [-0.25, -0.2) is 0 Å². The molecule has 2 fully saturated rings. The van der Waals surface area contributed by atoms with Crippen molar-refractivity contribution in [2.45, 2.75) is 12.8 Å². The third kappa shape index (κ3) is 3.41. The number of aliphatic imine (C=N–C) groups is 1. The summed E-state index contributed by atoms with van der Waals surface area (Å²) in [6.45, 7) is 5.95. The van der Waals surface area contributed by atoms with Crippen LogP contribution in [0.2, 0.25) is 0 Å². The summed E-state index contributed by atoms with van der Waals surface area (Å²) in [4.78, 5) is 9.05. The topological polar surface area (TPSA) is 18.8 Å². The molecule has 1 saturated carbocycles. The van der Waals surface area contributed by atoms with E-state index in [2.05, 4.69) is 44.3 Å². The molecule has 1 aliphatic heterocycles. The molecule has 3 rings (SSSR count). The van der Waals surface area contributed by atoms with Crippen LogP contribution >= 0.6 is 12.2 Å². The van der Waals surface area contributed by atoms with Crippen LogP contribution in [0.25, 0.3) is 0 Å². The third-order valence-corrected chi connectivity index (χ3v) is 4.07. The highest BCUT2D eigenvalue weighted by atomic mass is 32.1. The second kappa shape index (κ2) is 5.83. The van der Waals surface area contributed by atoms with Gasteiger partial charge in [-0.1, -0.05) is 0 Å². The Balaban J connectivity index is 1.56. The Kier molecular flexibility index (Phi) is 3.92. The predicted molar refractivity (Wildman–Crippen MR) is 82.5 cm³/mol. The van der Waals surface area contributed by atoms with Crippen LogP contribution in [-0.4, -0.2) is 42.8 Å². The van der Waals surface area contributed by atoms with Crippen LogP contribution in [0.3, 0.4) is 0 Å². The van der Waals surface area contributed by atoms with Crippen molar-refractivity contribution < 1.29 is 0 Å². The number of nitrogens with zero attached hydrogens (tertiary/aromatic N) is 3. The third-order valence-electron chi connectivity index (χ3n) is 3.98. The van der Waals surface area contributed by atoms with E-state index in [0.29, 0.717) is 0 Å². The molecule has 0 atom stereocenters. The van der Waals surface area contributed by atoms with E-state index in [1.807, 2.05) is 12.1 Å². The first-order chi connectivity index (χ1) is 9.35. The summed E-state index contributed by atoms with van der Waals surface area (Å²) < 4.78 is 0. The van der Waals surface area contributed by atoms with Crippen LogP contribution in [0, 0.1) is 5.92 Å². The molecule has 1 aromatic rings. The van der Waals surface area contributed by atoms with Gasteiger partial charge in [-0.15, -0.1) is 0 Å². The van der Waals surface area contributed by atoms with Crippen molar-refractivity contribution in [3.63, 3.8) is 0 Å². The molecule has 0 aromatic heterocycles. The van der Waals surface area contributed by atoms with E-state index in [0.717, 1.165) is 24.7 Å². The lowest BCUT2D eigenvalue weighted by molar-refractivity contribution is 0.248. The molecule has 1 heterocycles. The zero-order valence-electron chi connectivity index (χ0n) is 11.1. The van der Waals surface area contributed by atoms with Gasteiger partial charge in [0, 0.05) is 38.4 Å². The number of isothiocyanates is 1. The first-order valence-electron chi connectivity index (χ1n) is 7.00. The Morgan fingerprint density at radius 1 is 1.11 bits per heavy atom. The molecule has 4 heteroatoms. The van der Waals surface area contributed by atoms with Crippen molar-refractivity contribution in [3.8, 4) is 0 Å². The maximum atomic E-state index is 4.61. The first kappa shape index (κ1) is 12.8. The standard InChI is InChI=1S/C15H19N3S/c19-12-16-14-3-5-15(6-4-14)18-9-7-17(8-10-18)11-13-1-2-13/h3-6,13H,1-2,7-11H2. The Bertz CT molecular complexity index is 467. The monoisotopic (exact) mass is 273 g/mol. The molecule has 1 saturated heterocycles. The van der Waals surface area contributed by atoms with Gasteiger partial charge in [0.15, 0.2) is 0 Å². The number of anilines is 1. The Labute approximate surface area is 119 Å². The van der Waals surface area contributed by atoms with Gasteiger partial charge >= 0.3 is 0 Å². The number of rotatable bonds is 4. The zero-order chi connectivity index (χ0) is 13.1. The average Bonchev–Trinajstić information content (AvgIpc) is 3.25. The lowest BCUT2D eigenvalue weighted by atomic mass is 10.2. The summed E-state index contributed by atoms with van der Waals surface area (Å²) in [7, 11) is 0. The Morgan fingerprint density at radius 2 is 1.79 bits per heavy atom. The number of hydrogen-bond acceptors (Lipinski definition) is 4. The van der Waals surface area contributed by atoms with Gasteiger partial charge in [0.25, 0.3) is 0 Å². The number of benzene rings is 1. The van der Waals surface area contributed by atoms with E-state index in [1.54, 1.807) is 0 Å². The van der Waals surface area contributed by atoms with Crippen molar-refractivity contribution >= 4 is 28.8 Å². The fraction of sp³-hybridized carbons (Fsp3) is 0.533. The van der Waals surface area contributed by atoms with Crippen LogP contribution in [0.15, 0.2) is 29.3 Å². The van der Waals surface area contributed by atoms with E-state index in [-0.39, 0.29) is 0 Å². The minimum absolute atomic E-state index is 0.881. The summed E-state index contributed by atoms with van der Waals surface area (Å²) in [5.74, 6) is 0.998. The van der Waals surface area contributed by atoms with E-state index < -0.39 is 0 Å². The molecule has 19 heavy (non-hydrogen) atoms. The van der Waals surface area contributed by atoms with Crippen LogP contribution in [0.1, 0.15) is 12.8 Å². The number of thiocarbonyl (C=S) groups is 1. The smallest absolute Gasteiger partial charge is 0.0741 e. The minimum atomic E-state index is 0.881. The van der Waals surface area contributed by atoms with Crippen molar-refractivity contribution in [2.24, 2.45) is 10.9 Å². The van der Waals surface area contributed by atoms with E-state index in [1.165, 1.54) is 38.2 Å². The maximum absolute atomic E-state index is 4.61. The Hall–Kier alpha value is -1.22. The largest absolute Gasteiger partial charge is 0.369 e. The predicted octanol–water partition coefficient (Wildman–Crippen LogP) is 2.95. The highest BCUT2D eigenvalue weighted by Gasteiger charge is 2.26. The SMILES string of the molecule is S=C=Nc1ccc(N2CCN(CC3CC3)CC2)cc1. The fourth-order valence-corrected chi connectivity index (χ4v) is 2.75. The quantitative estimate of drug-likeness (QED) is 0.621. The van der Waals surface area contributed by atoms with Crippen LogP contribution < -0.4 is 4.90 Å². The maximum Gasteiger partial charge on any atom is 0.0741 e. The highest BCUT2D eigenvalue weighted by molar-refractivity contribution is 7.78. The Morgan fingerprint density at radius 3 is 2.37 bits per heavy atom. The molecule has 2 aliphatic rings. The zero-order valence-corrected chi connectivity index (χ0v) is 11.9. The average molecular weight is 273 g/mol. The molecule has 100 valence electrons. The summed E-state index contributed by atoms with van der Waals surface area (Å²) in [6, 6.07) is 8.26. The van der Waals surface area contributed by atoms with Crippen LogP contribution in [0.4, 0.5) is 11.4 Å². The van der Waals surface area contributed by atoms with Crippen LogP contribution in [0.5, 0.6) is 0 Å². The van der Waals surface area contributed by atoms with Crippen LogP contribution in [-0.2, 0) is 0 Å². The second-order valence-electron chi connectivity index (χ2n) is 5.45. The summed E-state index contributed by atoms with van der Waals surface area (Å²) in [5, 5.41) is 2.40. The molecule has 0 spiro atoms. The van der Waals surface area contributed by atoms with Gasteiger partial charge in [0.1, 0.15) is 0 Å². The summed E-state index contributed by atoms with van der Waals surface area (Å²) in [5.41, 5.74) is 2.17. The van der Waals surface area contributed by atoms with E-state index >= 15 is 0 Å². The molecule has 0 unspecified atom stereocenters. The molecule has 1 aromatic carbocycles. The molecule has 1 aliphatic carbocycles. The summed E-state index contributed by atoms with van der Waals surface area (Å²) in [6.07, 6.45) is 2.89. The van der Waals surface area contributed by atoms with E-state index in [4.69, 9.17) is 0 Å². The summed E-state index contributed by atoms with van der Waals surface area (Å²) >= 11 is 4.61. The molecule has 0 bridgehead atoms. The minimum Gasteiger partial charge on any atom is -0.369 e. The van der Waals surface area contributed by atoms with Gasteiger partial charge in [0.2, 0.25) is 0 Å². The van der Waals surface area contributed by atoms with Gasteiger partial charge in [-0.3, -0.25) is 4.90 Å². The molecular formula is C15H19N3S.